The molecule has 0 aliphatic heterocycles. The number of allylic oxidation sites excluding steroid dienone is 6. The van der Waals surface area contributed by atoms with Crippen LogP contribution in [0.15, 0.2) is 35.5 Å². The zero-order chi connectivity index (χ0) is 32.6. The summed E-state index contributed by atoms with van der Waals surface area (Å²) in [5.41, 5.74) is -2.29. The number of hydrogen-bond acceptors (Lipinski definition) is 6. The van der Waals surface area contributed by atoms with E-state index in [1.165, 1.54) is 18.2 Å². The van der Waals surface area contributed by atoms with Crippen molar-refractivity contribution >= 4 is 17.3 Å². The number of ketones is 3. The van der Waals surface area contributed by atoms with Gasteiger partial charge < -0.3 is 15.3 Å². The third-order valence-corrected chi connectivity index (χ3v) is 5.33. The van der Waals surface area contributed by atoms with Crippen LogP contribution < -0.4 is 0 Å². The van der Waals surface area contributed by atoms with Gasteiger partial charge in [-0.15, -0.1) is 0 Å². The van der Waals surface area contributed by atoms with E-state index in [9.17, 15) is 29.7 Å². The van der Waals surface area contributed by atoms with Gasteiger partial charge in [0.05, 0.1) is 0 Å². The number of carbonyl (C=O) groups is 3. The van der Waals surface area contributed by atoms with E-state index in [1.807, 2.05) is 125 Å². The smallest absolute Gasteiger partial charge is 0.164 e. The summed E-state index contributed by atoms with van der Waals surface area (Å²) < 4.78 is 0. The molecular formula is C33H60FeO6. The molecule has 0 saturated carbocycles. The van der Waals surface area contributed by atoms with Gasteiger partial charge in [-0.2, -0.15) is 0 Å². The van der Waals surface area contributed by atoms with Crippen LogP contribution in [0, 0.1) is 32.5 Å². The van der Waals surface area contributed by atoms with E-state index in [0.717, 1.165) is 0 Å². The summed E-state index contributed by atoms with van der Waals surface area (Å²) in [4.78, 5) is 34.5. The first-order valence-electron chi connectivity index (χ1n) is 13.5. The summed E-state index contributed by atoms with van der Waals surface area (Å²) in [5.74, 6) is 0.312. The average Bonchev–Trinajstić information content (AvgIpc) is 2.64. The molecule has 0 heterocycles. The van der Waals surface area contributed by atoms with Gasteiger partial charge in [0.1, 0.15) is 17.3 Å². The van der Waals surface area contributed by atoms with Crippen LogP contribution in [0.25, 0.3) is 0 Å². The molecule has 0 fully saturated rings. The third-order valence-electron chi connectivity index (χ3n) is 5.33. The molecular weight excluding hydrogens is 548 g/mol. The molecule has 0 aromatic heterocycles. The summed E-state index contributed by atoms with van der Waals surface area (Å²) in [6.45, 7) is 33.3. The first-order valence-corrected chi connectivity index (χ1v) is 13.5. The molecule has 0 aromatic carbocycles. The molecule has 236 valence electrons. The third kappa shape index (κ3) is 21.0. The van der Waals surface area contributed by atoms with Gasteiger partial charge in [-0.05, 0) is 0 Å². The second-order valence-corrected chi connectivity index (χ2v) is 16.2. The Balaban J connectivity index is -0.000000240. The standard InChI is InChI=1S/3C11H20O2.Fe/c3*1-10(2,3)8(12)7-9(13)11(4,5)6;/h3*7,12H,1-6H3;/b3*8-7-;. The minimum absolute atomic E-state index is 0. The first-order chi connectivity index (χ1) is 16.6. The fourth-order valence-corrected chi connectivity index (χ4v) is 1.67. The van der Waals surface area contributed by atoms with Gasteiger partial charge in [0.2, 0.25) is 0 Å². The van der Waals surface area contributed by atoms with Gasteiger partial charge in [0.15, 0.2) is 17.3 Å². The molecule has 0 amide bonds. The van der Waals surface area contributed by atoms with Crippen molar-refractivity contribution in [3.05, 3.63) is 35.5 Å². The Morgan fingerprint density at radius 3 is 0.550 bits per heavy atom. The maximum Gasteiger partial charge on any atom is 0.164 e. The summed E-state index contributed by atoms with van der Waals surface area (Å²) in [6.07, 6.45) is 4.00. The molecule has 0 radical (unpaired) electrons. The van der Waals surface area contributed by atoms with Gasteiger partial charge >= 0.3 is 0 Å². The van der Waals surface area contributed by atoms with Crippen molar-refractivity contribution in [1.29, 1.82) is 0 Å². The van der Waals surface area contributed by atoms with E-state index in [0.29, 0.717) is 0 Å². The molecule has 0 atom stereocenters. The SMILES string of the molecule is CC(C)(C)C(=O)/C=C(\O)C(C)(C)C.CC(C)(C)C(=O)/C=C(\O)C(C)(C)C.CC(C)(C)C(=O)/C=C(\O)C(C)(C)C.[Fe]. The molecule has 0 rings (SSSR count). The van der Waals surface area contributed by atoms with Crippen LogP contribution in [-0.4, -0.2) is 32.7 Å². The topological polar surface area (TPSA) is 112 Å². The Morgan fingerprint density at radius 2 is 0.475 bits per heavy atom. The Labute approximate surface area is 256 Å². The van der Waals surface area contributed by atoms with Crippen LogP contribution >= 0.6 is 0 Å². The monoisotopic (exact) mass is 608 g/mol. The van der Waals surface area contributed by atoms with Crippen molar-refractivity contribution < 1.29 is 46.8 Å². The molecule has 0 aromatic rings. The zero-order valence-corrected chi connectivity index (χ0v) is 29.8. The Kier molecular flexibility index (Phi) is 18.0. The van der Waals surface area contributed by atoms with Crippen molar-refractivity contribution in [2.45, 2.75) is 125 Å². The Morgan fingerprint density at radius 1 is 0.350 bits per heavy atom. The number of aliphatic hydroxyl groups is 3. The second-order valence-electron chi connectivity index (χ2n) is 16.2. The van der Waals surface area contributed by atoms with Crippen molar-refractivity contribution in [2.24, 2.45) is 32.5 Å². The van der Waals surface area contributed by atoms with E-state index >= 15 is 0 Å². The maximum absolute atomic E-state index is 11.5. The molecule has 6 nitrogen and oxygen atoms in total. The number of carbonyl (C=O) groups excluding carboxylic acids is 3. The first kappa shape index (κ1) is 45.1. The average molecular weight is 609 g/mol. The fourth-order valence-electron chi connectivity index (χ4n) is 1.67. The molecule has 0 aliphatic rings. The van der Waals surface area contributed by atoms with Crippen LogP contribution in [-0.2, 0) is 31.5 Å². The van der Waals surface area contributed by atoms with Crippen molar-refractivity contribution in [2.75, 3.05) is 0 Å². The summed E-state index contributed by atoms with van der Waals surface area (Å²) >= 11 is 0. The van der Waals surface area contributed by atoms with Crippen LogP contribution in [0.5, 0.6) is 0 Å². The van der Waals surface area contributed by atoms with Crippen molar-refractivity contribution in [3.63, 3.8) is 0 Å². The number of aliphatic hydroxyl groups excluding tert-OH is 3. The fraction of sp³-hybridized carbons (Fsp3) is 0.727. The van der Waals surface area contributed by atoms with E-state index in [1.54, 1.807) is 0 Å². The molecule has 7 heteroatoms. The van der Waals surface area contributed by atoms with Crippen molar-refractivity contribution in [1.82, 2.24) is 0 Å². The zero-order valence-electron chi connectivity index (χ0n) is 28.7. The molecule has 0 saturated heterocycles. The predicted octanol–water partition coefficient (Wildman–Crippen LogP) is 9.27. The minimum Gasteiger partial charge on any atom is -0.512 e. The van der Waals surface area contributed by atoms with E-state index in [4.69, 9.17) is 0 Å². The molecule has 0 spiro atoms. The van der Waals surface area contributed by atoms with Crippen LogP contribution in [0.1, 0.15) is 125 Å². The maximum atomic E-state index is 11.5. The number of rotatable bonds is 3. The van der Waals surface area contributed by atoms with Gasteiger partial charge in [-0.3, -0.25) is 14.4 Å². The molecule has 40 heavy (non-hydrogen) atoms. The largest absolute Gasteiger partial charge is 0.512 e. The van der Waals surface area contributed by atoms with Crippen LogP contribution in [0.3, 0.4) is 0 Å². The predicted molar refractivity (Wildman–Crippen MR) is 164 cm³/mol. The number of hydrogen-bond donors (Lipinski definition) is 3. The van der Waals surface area contributed by atoms with Gasteiger partial charge in [-0.25, -0.2) is 0 Å². The normalized spacial score (nSPS) is 14.1. The quantitative estimate of drug-likeness (QED) is 0.167. The van der Waals surface area contributed by atoms with Gasteiger partial charge in [0.25, 0.3) is 0 Å². The summed E-state index contributed by atoms with van der Waals surface area (Å²) in [6, 6.07) is 0. The molecule has 0 unspecified atom stereocenters. The van der Waals surface area contributed by atoms with Crippen molar-refractivity contribution in [3.8, 4) is 0 Å². The Bertz CT molecular complexity index is 801. The molecule has 3 N–H and O–H groups in total. The van der Waals surface area contributed by atoms with Gasteiger partial charge in [0, 0.05) is 67.8 Å². The van der Waals surface area contributed by atoms with Crippen LogP contribution in [0.4, 0.5) is 0 Å². The van der Waals surface area contributed by atoms with Gasteiger partial charge in [-0.1, -0.05) is 125 Å². The molecule has 0 bridgehead atoms. The summed E-state index contributed by atoms with van der Waals surface area (Å²) in [5, 5.41) is 28.7. The molecule has 0 aliphatic carbocycles. The summed E-state index contributed by atoms with van der Waals surface area (Å²) in [7, 11) is 0. The minimum atomic E-state index is -0.417. The Hall–Kier alpha value is -1.85. The van der Waals surface area contributed by atoms with Crippen LogP contribution in [0.2, 0.25) is 0 Å². The van der Waals surface area contributed by atoms with E-state index in [-0.39, 0.29) is 67.9 Å². The second kappa shape index (κ2) is 16.0. The van der Waals surface area contributed by atoms with E-state index < -0.39 is 16.2 Å². The van der Waals surface area contributed by atoms with E-state index in [2.05, 4.69) is 0 Å².